The van der Waals surface area contributed by atoms with E-state index in [0.717, 1.165) is 12.8 Å². The van der Waals surface area contributed by atoms with Gasteiger partial charge in [0, 0.05) is 13.2 Å². The van der Waals surface area contributed by atoms with Crippen LogP contribution >= 0.6 is 0 Å². The molecule has 7 heteroatoms. The minimum absolute atomic E-state index is 0.0873. The number of carbonyl (C=O) groups is 2. The molecule has 0 aliphatic heterocycles. The van der Waals surface area contributed by atoms with Gasteiger partial charge in [-0.25, -0.2) is 9.78 Å². The smallest absolute Gasteiger partial charge is 0.354 e. The lowest BCUT2D eigenvalue weighted by molar-refractivity contribution is 0.0273. The molecule has 1 amide bonds. The zero-order valence-electron chi connectivity index (χ0n) is 11.9. The maximum Gasteiger partial charge on any atom is 0.354 e. The fourth-order valence-corrected chi connectivity index (χ4v) is 2.47. The number of hydrogen-bond acceptors (Lipinski definition) is 4. The average molecular weight is 295 g/mol. The van der Waals surface area contributed by atoms with E-state index in [0.29, 0.717) is 25.7 Å². The zero-order valence-corrected chi connectivity index (χ0v) is 11.9. The van der Waals surface area contributed by atoms with Crippen molar-refractivity contribution in [2.24, 2.45) is 0 Å². The summed E-state index contributed by atoms with van der Waals surface area (Å²) in [7, 11) is 0. The van der Waals surface area contributed by atoms with Gasteiger partial charge in [0.2, 0.25) is 0 Å². The van der Waals surface area contributed by atoms with E-state index in [1.807, 2.05) is 0 Å². The van der Waals surface area contributed by atoms with E-state index < -0.39 is 11.9 Å². The largest absolute Gasteiger partial charge is 0.477 e. The second kappa shape index (κ2) is 7.78. The van der Waals surface area contributed by atoms with Crippen LogP contribution in [0.2, 0.25) is 0 Å². The first-order chi connectivity index (χ1) is 10.2. The normalized spacial score (nSPS) is 15.8. The number of carbonyl (C=O) groups excluding carboxylic acids is 1. The highest BCUT2D eigenvalue weighted by Crippen LogP contribution is 2.20. The standard InChI is InChI=1S/C14H21N3O4/c18-13(11-12(14(19)20)17-9-16-11)15-7-4-8-21-10-5-2-1-3-6-10/h9-10H,1-8H2,(H,15,18)(H,16,17)(H,19,20). The number of rotatable bonds is 7. The Bertz CT molecular complexity index is 480. The van der Waals surface area contributed by atoms with Crippen LogP contribution in [0.25, 0.3) is 0 Å². The number of carboxylic acid groups (broad SMARTS) is 1. The molecular formula is C14H21N3O4. The molecule has 0 radical (unpaired) electrons. The van der Waals surface area contributed by atoms with Crippen molar-refractivity contribution in [1.29, 1.82) is 0 Å². The number of aromatic amines is 1. The number of aromatic carboxylic acids is 1. The lowest BCUT2D eigenvalue weighted by atomic mass is 9.98. The molecule has 1 aliphatic carbocycles. The van der Waals surface area contributed by atoms with Crippen molar-refractivity contribution in [1.82, 2.24) is 15.3 Å². The second-order valence-corrected chi connectivity index (χ2v) is 5.17. The van der Waals surface area contributed by atoms with Crippen molar-refractivity contribution in [3.8, 4) is 0 Å². The molecule has 1 aromatic heterocycles. The Balaban J connectivity index is 1.65. The van der Waals surface area contributed by atoms with Gasteiger partial charge in [0.1, 0.15) is 0 Å². The van der Waals surface area contributed by atoms with Crippen LogP contribution in [0.4, 0.5) is 0 Å². The predicted molar refractivity (Wildman–Crippen MR) is 75.3 cm³/mol. The van der Waals surface area contributed by atoms with E-state index in [1.54, 1.807) is 0 Å². The van der Waals surface area contributed by atoms with Crippen molar-refractivity contribution in [2.75, 3.05) is 13.2 Å². The number of ether oxygens (including phenoxy) is 1. The van der Waals surface area contributed by atoms with Gasteiger partial charge in [-0.15, -0.1) is 0 Å². The SMILES string of the molecule is O=C(NCCCOC1CCCCC1)c1nc[nH]c1C(=O)O. The number of nitrogens with one attached hydrogen (secondary N) is 2. The number of aromatic nitrogens is 2. The van der Waals surface area contributed by atoms with Gasteiger partial charge >= 0.3 is 5.97 Å². The van der Waals surface area contributed by atoms with Gasteiger partial charge in [0.25, 0.3) is 5.91 Å². The van der Waals surface area contributed by atoms with Crippen LogP contribution in [0, 0.1) is 0 Å². The summed E-state index contributed by atoms with van der Waals surface area (Å²) < 4.78 is 5.75. The number of amides is 1. The Labute approximate surface area is 123 Å². The number of imidazole rings is 1. The Morgan fingerprint density at radius 3 is 2.86 bits per heavy atom. The minimum Gasteiger partial charge on any atom is -0.477 e. The molecule has 1 saturated carbocycles. The number of H-pyrrole nitrogens is 1. The second-order valence-electron chi connectivity index (χ2n) is 5.17. The van der Waals surface area contributed by atoms with Gasteiger partial charge in [0.05, 0.1) is 12.4 Å². The van der Waals surface area contributed by atoms with E-state index >= 15 is 0 Å². The van der Waals surface area contributed by atoms with Crippen molar-refractivity contribution in [2.45, 2.75) is 44.6 Å². The summed E-state index contributed by atoms with van der Waals surface area (Å²) in [5, 5.41) is 11.5. The fourth-order valence-electron chi connectivity index (χ4n) is 2.47. The number of carboxylic acids is 1. The summed E-state index contributed by atoms with van der Waals surface area (Å²) in [5.74, 6) is -1.68. The van der Waals surface area contributed by atoms with Crippen LogP contribution < -0.4 is 5.32 Å². The Morgan fingerprint density at radius 1 is 1.38 bits per heavy atom. The van der Waals surface area contributed by atoms with E-state index in [1.165, 1.54) is 25.6 Å². The molecule has 0 aromatic carbocycles. The van der Waals surface area contributed by atoms with E-state index in [2.05, 4.69) is 15.3 Å². The first-order valence-electron chi connectivity index (χ1n) is 7.35. The molecule has 1 heterocycles. The third-order valence-corrected chi connectivity index (χ3v) is 3.58. The molecule has 0 atom stereocenters. The molecule has 21 heavy (non-hydrogen) atoms. The van der Waals surface area contributed by atoms with Gasteiger partial charge < -0.3 is 20.1 Å². The lowest BCUT2D eigenvalue weighted by Crippen LogP contribution is -2.28. The van der Waals surface area contributed by atoms with Crippen molar-refractivity contribution >= 4 is 11.9 Å². The quantitative estimate of drug-likeness (QED) is 0.662. The van der Waals surface area contributed by atoms with E-state index in [9.17, 15) is 9.59 Å². The summed E-state index contributed by atoms with van der Waals surface area (Å²) in [6, 6.07) is 0. The zero-order chi connectivity index (χ0) is 15.1. The molecule has 1 aromatic rings. The highest BCUT2D eigenvalue weighted by atomic mass is 16.5. The molecule has 0 unspecified atom stereocenters. The van der Waals surface area contributed by atoms with Crippen LogP contribution in [-0.4, -0.2) is 46.2 Å². The van der Waals surface area contributed by atoms with Crippen molar-refractivity contribution in [3.63, 3.8) is 0 Å². The number of nitrogens with zero attached hydrogens (tertiary/aromatic N) is 1. The molecule has 2 rings (SSSR count). The summed E-state index contributed by atoms with van der Waals surface area (Å²) in [4.78, 5) is 28.8. The van der Waals surface area contributed by atoms with Crippen LogP contribution in [0.1, 0.15) is 59.5 Å². The summed E-state index contributed by atoms with van der Waals surface area (Å²) >= 11 is 0. The molecule has 0 spiro atoms. The van der Waals surface area contributed by atoms with Crippen molar-refractivity contribution < 1.29 is 19.4 Å². The maximum absolute atomic E-state index is 11.8. The van der Waals surface area contributed by atoms with Gasteiger partial charge in [-0.05, 0) is 19.3 Å². The maximum atomic E-state index is 11.8. The molecule has 0 saturated heterocycles. The third kappa shape index (κ3) is 4.56. The van der Waals surface area contributed by atoms with Gasteiger partial charge in [-0.1, -0.05) is 19.3 Å². The third-order valence-electron chi connectivity index (χ3n) is 3.58. The first-order valence-corrected chi connectivity index (χ1v) is 7.35. The molecular weight excluding hydrogens is 274 g/mol. The predicted octanol–water partition coefficient (Wildman–Crippen LogP) is 1.58. The van der Waals surface area contributed by atoms with Crippen molar-refractivity contribution in [3.05, 3.63) is 17.7 Å². The summed E-state index contributed by atoms with van der Waals surface area (Å²) in [5.41, 5.74) is -0.276. The Hall–Kier alpha value is -1.89. The van der Waals surface area contributed by atoms with Crippen LogP contribution in [0.5, 0.6) is 0 Å². The molecule has 3 N–H and O–H groups in total. The monoisotopic (exact) mass is 295 g/mol. The van der Waals surface area contributed by atoms with Crippen LogP contribution in [0.15, 0.2) is 6.33 Å². The summed E-state index contributed by atoms with van der Waals surface area (Å²) in [6.45, 7) is 1.05. The molecule has 7 nitrogen and oxygen atoms in total. The fraction of sp³-hybridized carbons (Fsp3) is 0.643. The lowest BCUT2D eigenvalue weighted by Gasteiger charge is -2.21. The minimum atomic E-state index is -1.20. The molecule has 1 fully saturated rings. The Kier molecular flexibility index (Phi) is 5.74. The van der Waals surface area contributed by atoms with Gasteiger partial charge in [-0.2, -0.15) is 0 Å². The highest BCUT2D eigenvalue weighted by Gasteiger charge is 2.19. The Morgan fingerprint density at radius 2 is 2.14 bits per heavy atom. The van der Waals surface area contributed by atoms with E-state index in [-0.39, 0.29) is 11.4 Å². The topological polar surface area (TPSA) is 104 Å². The van der Waals surface area contributed by atoms with E-state index in [4.69, 9.17) is 9.84 Å². The molecule has 116 valence electrons. The molecule has 0 bridgehead atoms. The van der Waals surface area contributed by atoms with Gasteiger partial charge in [0.15, 0.2) is 11.4 Å². The van der Waals surface area contributed by atoms with Gasteiger partial charge in [-0.3, -0.25) is 4.79 Å². The van der Waals surface area contributed by atoms with Crippen LogP contribution in [0.3, 0.4) is 0 Å². The molecule has 1 aliphatic rings. The number of hydrogen-bond donors (Lipinski definition) is 3. The van der Waals surface area contributed by atoms with Crippen LogP contribution in [-0.2, 0) is 4.74 Å². The average Bonchev–Trinajstić information content (AvgIpc) is 2.97. The highest BCUT2D eigenvalue weighted by molar-refractivity contribution is 6.02. The summed E-state index contributed by atoms with van der Waals surface area (Å²) in [6.07, 6.45) is 8.28. The first kappa shape index (κ1) is 15.5.